The molecule has 1 amide bonds. The van der Waals surface area contributed by atoms with Crippen molar-refractivity contribution in [2.75, 3.05) is 5.32 Å². The van der Waals surface area contributed by atoms with E-state index >= 15 is 0 Å². The lowest BCUT2D eigenvalue weighted by Gasteiger charge is -2.15. The van der Waals surface area contributed by atoms with Gasteiger partial charge in [0, 0.05) is 3.57 Å². The summed E-state index contributed by atoms with van der Waals surface area (Å²) in [7, 11) is 0. The van der Waals surface area contributed by atoms with Crippen LogP contribution in [0.5, 0.6) is 5.75 Å². The molecule has 0 aromatic heterocycles. The Labute approximate surface area is 136 Å². The minimum Gasteiger partial charge on any atom is -0.481 e. The molecule has 0 saturated heterocycles. The van der Waals surface area contributed by atoms with Gasteiger partial charge in [-0.15, -0.1) is 0 Å². The molecule has 0 fully saturated rings. The average Bonchev–Trinajstić information content (AvgIpc) is 2.44. The molecule has 0 unspecified atom stereocenters. The topological polar surface area (TPSA) is 38.3 Å². The molecule has 5 heteroatoms. The van der Waals surface area contributed by atoms with E-state index in [1.165, 1.54) is 0 Å². The van der Waals surface area contributed by atoms with Crippen molar-refractivity contribution in [3.63, 3.8) is 0 Å². The van der Waals surface area contributed by atoms with Crippen LogP contribution in [0.2, 0.25) is 5.02 Å². The lowest BCUT2D eigenvalue weighted by Crippen LogP contribution is -2.30. The minimum atomic E-state index is -0.605. The molecule has 0 heterocycles. The normalized spacial score (nSPS) is 11.8. The molecule has 20 heavy (non-hydrogen) atoms. The number of amides is 1. The summed E-state index contributed by atoms with van der Waals surface area (Å²) in [4.78, 5) is 12.0. The van der Waals surface area contributed by atoms with Gasteiger partial charge < -0.3 is 10.1 Å². The maximum atomic E-state index is 12.0. The quantitative estimate of drug-likeness (QED) is 0.774. The van der Waals surface area contributed by atoms with E-state index in [1.54, 1.807) is 19.1 Å². The fourth-order valence-electron chi connectivity index (χ4n) is 1.57. The second kappa shape index (κ2) is 6.95. The van der Waals surface area contributed by atoms with E-state index in [2.05, 4.69) is 27.9 Å². The van der Waals surface area contributed by atoms with Crippen molar-refractivity contribution in [3.05, 3.63) is 57.1 Å². The van der Waals surface area contributed by atoms with Crippen molar-refractivity contribution in [2.24, 2.45) is 0 Å². The fraction of sp³-hybridized carbons (Fsp3) is 0.133. The Balaban J connectivity index is 1.99. The van der Waals surface area contributed by atoms with Gasteiger partial charge in [-0.05, 0) is 65.9 Å². The van der Waals surface area contributed by atoms with Gasteiger partial charge in [0.25, 0.3) is 5.91 Å². The summed E-state index contributed by atoms with van der Waals surface area (Å²) in [5.41, 5.74) is 0.581. The molecule has 0 aliphatic heterocycles. The minimum absolute atomic E-state index is 0.239. The second-order valence-corrected chi connectivity index (χ2v) is 5.84. The number of hydrogen-bond donors (Lipinski definition) is 1. The molecule has 0 radical (unpaired) electrons. The van der Waals surface area contributed by atoms with E-state index < -0.39 is 6.10 Å². The molecule has 1 atom stereocenters. The Hall–Kier alpha value is -1.27. The number of carbonyl (C=O) groups is 1. The van der Waals surface area contributed by atoms with Gasteiger partial charge in [-0.1, -0.05) is 23.7 Å². The predicted octanol–water partition coefficient (Wildman–Crippen LogP) is 4.35. The first kappa shape index (κ1) is 15.1. The zero-order valence-electron chi connectivity index (χ0n) is 10.8. The molecule has 104 valence electrons. The summed E-state index contributed by atoms with van der Waals surface area (Å²) in [6.07, 6.45) is -0.605. The van der Waals surface area contributed by atoms with E-state index in [4.69, 9.17) is 16.3 Å². The standard InChI is InChI=1S/C15H13ClINO2/c1-10(20-12-8-6-11(17)7-9-12)15(19)18-14-5-3-2-4-13(14)16/h2-10H,1H3,(H,18,19)/t10-/m1/s1. The summed E-state index contributed by atoms with van der Waals surface area (Å²) < 4.78 is 6.70. The fourth-order valence-corrected chi connectivity index (χ4v) is 2.11. The lowest BCUT2D eigenvalue weighted by molar-refractivity contribution is -0.122. The van der Waals surface area contributed by atoms with Crippen LogP contribution >= 0.6 is 34.2 Å². The number of benzene rings is 2. The first-order chi connectivity index (χ1) is 9.56. The third-order valence-corrected chi connectivity index (χ3v) is 3.68. The SMILES string of the molecule is C[C@@H](Oc1ccc(I)cc1)C(=O)Nc1ccccc1Cl. The highest BCUT2D eigenvalue weighted by Crippen LogP contribution is 2.21. The number of anilines is 1. The second-order valence-electron chi connectivity index (χ2n) is 4.18. The molecule has 1 N–H and O–H groups in total. The number of hydrogen-bond acceptors (Lipinski definition) is 2. The molecule has 0 aliphatic rings. The summed E-state index contributed by atoms with van der Waals surface area (Å²) in [6.45, 7) is 1.70. The van der Waals surface area contributed by atoms with E-state index in [9.17, 15) is 4.79 Å². The van der Waals surface area contributed by atoms with Gasteiger partial charge in [-0.3, -0.25) is 4.79 Å². The zero-order valence-corrected chi connectivity index (χ0v) is 13.7. The largest absolute Gasteiger partial charge is 0.481 e. The highest BCUT2D eigenvalue weighted by Gasteiger charge is 2.15. The molecular weight excluding hydrogens is 389 g/mol. The van der Waals surface area contributed by atoms with E-state index in [0.717, 1.165) is 3.57 Å². The molecule has 0 saturated carbocycles. The summed E-state index contributed by atoms with van der Waals surface area (Å²) in [5, 5.41) is 3.25. The van der Waals surface area contributed by atoms with Crippen LogP contribution in [0, 0.1) is 3.57 Å². The van der Waals surface area contributed by atoms with Crippen molar-refractivity contribution in [1.82, 2.24) is 0 Å². The Morgan fingerprint density at radius 3 is 2.50 bits per heavy atom. The average molecular weight is 402 g/mol. The molecular formula is C15H13ClINO2. The maximum Gasteiger partial charge on any atom is 0.265 e. The van der Waals surface area contributed by atoms with Crippen molar-refractivity contribution in [2.45, 2.75) is 13.0 Å². The maximum absolute atomic E-state index is 12.0. The molecule has 2 aromatic rings. The third-order valence-electron chi connectivity index (χ3n) is 2.63. The number of nitrogens with one attached hydrogen (secondary N) is 1. The molecule has 0 bridgehead atoms. The Kier molecular flexibility index (Phi) is 5.25. The van der Waals surface area contributed by atoms with Gasteiger partial charge in [-0.25, -0.2) is 0 Å². The van der Waals surface area contributed by atoms with Gasteiger partial charge in [-0.2, -0.15) is 0 Å². The van der Waals surface area contributed by atoms with Crippen molar-refractivity contribution < 1.29 is 9.53 Å². The lowest BCUT2D eigenvalue weighted by atomic mass is 10.3. The van der Waals surface area contributed by atoms with Crippen LogP contribution < -0.4 is 10.1 Å². The van der Waals surface area contributed by atoms with Gasteiger partial charge >= 0.3 is 0 Å². The number of rotatable bonds is 4. The Bertz CT molecular complexity index is 601. The number of para-hydroxylation sites is 1. The molecule has 3 nitrogen and oxygen atoms in total. The van der Waals surface area contributed by atoms with Gasteiger partial charge in [0.05, 0.1) is 10.7 Å². The monoisotopic (exact) mass is 401 g/mol. The van der Waals surface area contributed by atoms with E-state index in [1.807, 2.05) is 36.4 Å². The number of carbonyl (C=O) groups excluding carboxylic acids is 1. The molecule has 0 aliphatic carbocycles. The van der Waals surface area contributed by atoms with E-state index in [0.29, 0.717) is 16.5 Å². The number of ether oxygens (including phenoxy) is 1. The van der Waals surface area contributed by atoms with Gasteiger partial charge in [0.2, 0.25) is 0 Å². The molecule has 2 rings (SSSR count). The molecule has 0 spiro atoms. The van der Waals surface area contributed by atoms with Crippen LogP contribution in [0.3, 0.4) is 0 Å². The van der Waals surface area contributed by atoms with Crippen LogP contribution in [0.15, 0.2) is 48.5 Å². The zero-order chi connectivity index (χ0) is 14.5. The Morgan fingerprint density at radius 2 is 1.85 bits per heavy atom. The highest BCUT2D eigenvalue weighted by atomic mass is 127. The van der Waals surface area contributed by atoms with E-state index in [-0.39, 0.29) is 5.91 Å². The van der Waals surface area contributed by atoms with Crippen LogP contribution in [0.4, 0.5) is 5.69 Å². The highest BCUT2D eigenvalue weighted by molar-refractivity contribution is 14.1. The Morgan fingerprint density at radius 1 is 1.20 bits per heavy atom. The summed E-state index contributed by atoms with van der Waals surface area (Å²) in [5.74, 6) is 0.420. The third kappa shape index (κ3) is 4.11. The summed E-state index contributed by atoms with van der Waals surface area (Å²) >= 11 is 8.21. The first-order valence-corrected chi connectivity index (χ1v) is 7.49. The predicted molar refractivity (Wildman–Crippen MR) is 89.3 cm³/mol. The molecule has 2 aromatic carbocycles. The van der Waals surface area contributed by atoms with Gasteiger partial charge in [0.15, 0.2) is 6.10 Å². The van der Waals surface area contributed by atoms with Crippen molar-refractivity contribution in [3.8, 4) is 5.75 Å². The van der Waals surface area contributed by atoms with Crippen molar-refractivity contribution in [1.29, 1.82) is 0 Å². The van der Waals surface area contributed by atoms with Crippen LogP contribution in [0.1, 0.15) is 6.92 Å². The van der Waals surface area contributed by atoms with Crippen molar-refractivity contribution >= 4 is 45.8 Å². The van der Waals surface area contributed by atoms with Gasteiger partial charge in [0.1, 0.15) is 5.75 Å². The van der Waals surface area contributed by atoms with Crippen LogP contribution in [-0.2, 0) is 4.79 Å². The number of halogens is 2. The van der Waals surface area contributed by atoms with Crippen LogP contribution in [-0.4, -0.2) is 12.0 Å². The smallest absolute Gasteiger partial charge is 0.265 e. The van der Waals surface area contributed by atoms with Crippen LogP contribution in [0.25, 0.3) is 0 Å². The first-order valence-electron chi connectivity index (χ1n) is 6.04. The summed E-state index contributed by atoms with van der Waals surface area (Å²) in [6, 6.07) is 14.6.